The Balaban J connectivity index is 2.21. The molecule has 1 heterocycles. The monoisotopic (exact) mass is 236 g/mol. The molecular weight excluding hydrogens is 224 g/mol. The number of ether oxygens (including phenoxy) is 1. The fourth-order valence-corrected chi connectivity index (χ4v) is 1.39. The molecule has 0 bridgehead atoms. The molecule has 0 aliphatic carbocycles. The first-order chi connectivity index (χ1) is 8.20. The molecule has 0 saturated carbocycles. The Morgan fingerprint density at radius 3 is 3.12 bits per heavy atom. The summed E-state index contributed by atoms with van der Waals surface area (Å²) in [5, 5.41) is 11.8. The number of hydrogen-bond donors (Lipinski definition) is 2. The summed E-state index contributed by atoms with van der Waals surface area (Å²) in [4.78, 5) is 14.9. The molecule has 0 spiro atoms. The highest BCUT2D eigenvalue weighted by Gasteiger charge is 2.09. The summed E-state index contributed by atoms with van der Waals surface area (Å²) >= 11 is 0. The molecule has 0 unspecified atom stereocenters. The molecule has 1 aromatic carbocycles. The van der Waals surface area contributed by atoms with Crippen LogP contribution in [0.4, 0.5) is 6.01 Å². The van der Waals surface area contributed by atoms with Crippen molar-refractivity contribution in [2.45, 2.75) is 0 Å². The van der Waals surface area contributed by atoms with Gasteiger partial charge in [-0.1, -0.05) is 0 Å². The topological polar surface area (TPSA) is 84.6 Å². The molecule has 0 atom stereocenters. The maximum absolute atomic E-state index is 10.8. The zero-order valence-corrected chi connectivity index (χ0v) is 9.27. The number of carbonyl (C=O) groups is 1. The van der Waals surface area contributed by atoms with Crippen LogP contribution in [0.3, 0.4) is 0 Å². The van der Waals surface area contributed by atoms with E-state index < -0.39 is 5.97 Å². The first-order valence-corrected chi connectivity index (χ1v) is 5.07. The molecule has 6 nitrogen and oxygen atoms in total. The Hall–Kier alpha value is -2.08. The third-order valence-corrected chi connectivity index (χ3v) is 2.22. The van der Waals surface area contributed by atoms with Crippen molar-refractivity contribution < 1.29 is 19.1 Å². The van der Waals surface area contributed by atoms with Gasteiger partial charge in [0.1, 0.15) is 5.52 Å². The van der Waals surface area contributed by atoms with Crippen LogP contribution in [0.25, 0.3) is 11.1 Å². The smallest absolute Gasteiger partial charge is 0.335 e. The van der Waals surface area contributed by atoms with Crippen molar-refractivity contribution in [3.05, 3.63) is 23.8 Å². The van der Waals surface area contributed by atoms with Crippen LogP contribution >= 0.6 is 0 Å². The van der Waals surface area contributed by atoms with Crippen LogP contribution in [0.1, 0.15) is 10.4 Å². The van der Waals surface area contributed by atoms with Gasteiger partial charge in [0.2, 0.25) is 0 Å². The molecule has 0 aliphatic rings. The number of rotatable bonds is 5. The van der Waals surface area contributed by atoms with E-state index >= 15 is 0 Å². The Morgan fingerprint density at radius 1 is 1.59 bits per heavy atom. The summed E-state index contributed by atoms with van der Waals surface area (Å²) in [5.41, 5.74) is 1.25. The molecule has 0 saturated heterocycles. The summed E-state index contributed by atoms with van der Waals surface area (Å²) in [6, 6.07) is 4.92. The van der Waals surface area contributed by atoms with Crippen molar-refractivity contribution in [1.29, 1.82) is 0 Å². The Bertz CT molecular complexity index is 535. The van der Waals surface area contributed by atoms with Crippen molar-refractivity contribution in [1.82, 2.24) is 4.98 Å². The normalized spacial score (nSPS) is 10.6. The quantitative estimate of drug-likeness (QED) is 0.767. The second kappa shape index (κ2) is 4.84. The van der Waals surface area contributed by atoms with E-state index in [9.17, 15) is 4.79 Å². The van der Waals surface area contributed by atoms with Crippen LogP contribution in [0.15, 0.2) is 22.6 Å². The number of methoxy groups -OCH3 is 1. The maximum Gasteiger partial charge on any atom is 0.335 e. The lowest BCUT2D eigenvalue weighted by atomic mass is 10.2. The van der Waals surface area contributed by atoms with E-state index in [2.05, 4.69) is 10.3 Å². The van der Waals surface area contributed by atoms with E-state index in [4.69, 9.17) is 14.3 Å². The minimum absolute atomic E-state index is 0.178. The minimum atomic E-state index is -0.989. The van der Waals surface area contributed by atoms with Gasteiger partial charge in [0.05, 0.1) is 12.2 Å². The molecule has 2 rings (SSSR count). The van der Waals surface area contributed by atoms with Gasteiger partial charge < -0.3 is 19.6 Å². The number of nitrogens with zero attached hydrogens (tertiary/aromatic N) is 1. The van der Waals surface area contributed by atoms with Crippen LogP contribution in [-0.2, 0) is 4.74 Å². The Morgan fingerprint density at radius 2 is 2.41 bits per heavy atom. The number of benzene rings is 1. The summed E-state index contributed by atoms with van der Waals surface area (Å²) in [5.74, 6) is -0.989. The number of carboxylic acid groups (broad SMARTS) is 1. The number of aromatic nitrogens is 1. The molecule has 0 radical (unpaired) electrons. The average molecular weight is 236 g/mol. The summed E-state index contributed by atoms with van der Waals surface area (Å²) in [6.45, 7) is 1.12. The van der Waals surface area contributed by atoms with Gasteiger partial charge in [0.15, 0.2) is 5.58 Å². The largest absolute Gasteiger partial charge is 0.478 e. The van der Waals surface area contributed by atoms with Crippen molar-refractivity contribution in [3.63, 3.8) is 0 Å². The number of hydrogen-bond acceptors (Lipinski definition) is 5. The lowest BCUT2D eigenvalue weighted by Crippen LogP contribution is -2.07. The molecule has 6 heteroatoms. The van der Waals surface area contributed by atoms with Gasteiger partial charge in [-0.25, -0.2) is 4.79 Å². The number of aromatic carboxylic acids is 1. The SMILES string of the molecule is COCCNc1nc2ccc(C(=O)O)cc2o1. The highest BCUT2D eigenvalue weighted by Crippen LogP contribution is 2.20. The lowest BCUT2D eigenvalue weighted by Gasteiger charge is -1.98. The summed E-state index contributed by atoms with van der Waals surface area (Å²) in [6.07, 6.45) is 0. The molecule has 2 aromatic rings. The first kappa shape index (κ1) is 11.4. The standard InChI is InChI=1S/C11H12N2O4/c1-16-5-4-12-11-13-8-3-2-7(10(14)15)6-9(8)17-11/h2-3,6H,4-5H2,1H3,(H,12,13)(H,14,15). The highest BCUT2D eigenvalue weighted by atomic mass is 16.5. The zero-order chi connectivity index (χ0) is 12.3. The fourth-order valence-electron chi connectivity index (χ4n) is 1.39. The molecule has 0 fully saturated rings. The second-order valence-electron chi connectivity index (χ2n) is 3.43. The van der Waals surface area contributed by atoms with Gasteiger partial charge in [-0.05, 0) is 18.2 Å². The molecule has 90 valence electrons. The molecule has 17 heavy (non-hydrogen) atoms. The van der Waals surface area contributed by atoms with E-state index in [1.54, 1.807) is 13.2 Å². The number of nitrogens with one attached hydrogen (secondary N) is 1. The van der Waals surface area contributed by atoms with Gasteiger partial charge in [-0.15, -0.1) is 0 Å². The van der Waals surface area contributed by atoms with Crippen LogP contribution in [0, 0.1) is 0 Å². The number of carboxylic acids is 1. The van der Waals surface area contributed by atoms with Crippen LogP contribution < -0.4 is 5.32 Å². The highest BCUT2D eigenvalue weighted by molar-refractivity contribution is 5.92. The van der Waals surface area contributed by atoms with Crippen molar-refractivity contribution in [2.75, 3.05) is 25.6 Å². The van der Waals surface area contributed by atoms with Crippen LogP contribution in [0.2, 0.25) is 0 Å². The average Bonchev–Trinajstić information content (AvgIpc) is 2.70. The maximum atomic E-state index is 10.8. The van der Waals surface area contributed by atoms with Crippen LogP contribution in [-0.4, -0.2) is 36.3 Å². The third-order valence-electron chi connectivity index (χ3n) is 2.22. The number of oxazole rings is 1. The van der Waals surface area contributed by atoms with Gasteiger partial charge in [0.25, 0.3) is 6.01 Å². The van der Waals surface area contributed by atoms with Gasteiger partial charge >= 0.3 is 5.97 Å². The molecule has 2 N–H and O–H groups in total. The number of anilines is 1. The summed E-state index contributed by atoms with van der Waals surface area (Å²) in [7, 11) is 1.60. The molecular formula is C11H12N2O4. The predicted molar refractivity (Wildman–Crippen MR) is 61.3 cm³/mol. The Kier molecular flexibility index (Phi) is 3.24. The Labute approximate surface area is 97.2 Å². The van der Waals surface area contributed by atoms with E-state index in [0.717, 1.165) is 0 Å². The number of fused-ring (bicyclic) bond motifs is 1. The molecule has 0 aliphatic heterocycles. The van der Waals surface area contributed by atoms with E-state index in [-0.39, 0.29) is 5.56 Å². The van der Waals surface area contributed by atoms with Gasteiger partial charge in [-0.3, -0.25) is 0 Å². The molecule has 0 amide bonds. The second-order valence-corrected chi connectivity index (χ2v) is 3.43. The van der Waals surface area contributed by atoms with Gasteiger partial charge in [0, 0.05) is 13.7 Å². The van der Waals surface area contributed by atoms with Crippen molar-refractivity contribution in [2.24, 2.45) is 0 Å². The van der Waals surface area contributed by atoms with Crippen molar-refractivity contribution >= 4 is 23.1 Å². The lowest BCUT2D eigenvalue weighted by molar-refractivity contribution is 0.0697. The minimum Gasteiger partial charge on any atom is -0.478 e. The third kappa shape index (κ3) is 2.54. The summed E-state index contributed by atoms with van der Waals surface area (Å²) < 4.78 is 10.2. The van der Waals surface area contributed by atoms with Crippen molar-refractivity contribution in [3.8, 4) is 0 Å². The molecule has 1 aromatic heterocycles. The zero-order valence-electron chi connectivity index (χ0n) is 9.27. The van der Waals surface area contributed by atoms with E-state index in [1.807, 2.05) is 0 Å². The van der Waals surface area contributed by atoms with Gasteiger partial charge in [-0.2, -0.15) is 4.98 Å². The first-order valence-electron chi connectivity index (χ1n) is 5.07. The van der Waals surface area contributed by atoms with Crippen LogP contribution in [0.5, 0.6) is 0 Å². The predicted octanol–water partition coefficient (Wildman–Crippen LogP) is 1.58. The fraction of sp³-hybridized carbons (Fsp3) is 0.273. The van der Waals surface area contributed by atoms with E-state index in [1.165, 1.54) is 12.1 Å². The van der Waals surface area contributed by atoms with E-state index in [0.29, 0.717) is 30.3 Å².